The fourth-order valence-electron chi connectivity index (χ4n) is 1.26. The molecule has 0 fully saturated rings. The third kappa shape index (κ3) is 5.46. The average Bonchev–Trinajstić information content (AvgIpc) is 2.29. The van der Waals surface area contributed by atoms with Gasteiger partial charge in [0.05, 0.1) is 0 Å². The number of hydrogen-bond donors (Lipinski definition) is 1. The number of nitrogens with one attached hydrogen (secondary N) is 1. The van der Waals surface area contributed by atoms with Gasteiger partial charge in [-0.1, -0.05) is 46.8 Å². The summed E-state index contributed by atoms with van der Waals surface area (Å²) >= 11 is 0. The summed E-state index contributed by atoms with van der Waals surface area (Å²) in [7, 11) is 0. The average molecular weight is 207 g/mol. The number of hydrogen-bond acceptors (Lipinski definition) is 1. The molecule has 0 aliphatic rings. The fraction of sp³-hybridized carbons (Fsp3) is 0.571. The van der Waals surface area contributed by atoms with Crippen molar-refractivity contribution in [3.05, 3.63) is 29.8 Å². The first-order valence-corrected chi connectivity index (χ1v) is 6.08. The van der Waals surface area contributed by atoms with Crippen LogP contribution in [0.15, 0.2) is 24.3 Å². The third-order valence-corrected chi connectivity index (χ3v) is 2.16. The highest BCUT2D eigenvalue weighted by Gasteiger charge is 1.97. The quantitative estimate of drug-likeness (QED) is 0.757. The summed E-state index contributed by atoms with van der Waals surface area (Å²) < 4.78 is 0. The van der Waals surface area contributed by atoms with Crippen LogP contribution in [0.2, 0.25) is 0 Å². The molecule has 1 aromatic carbocycles. The molecule has 0 radical (unpaired) electrons. The Hall–Kier alpha value is -0.980. The van der Waals surface area contributed by atoms with Gasteiger partial charge in [-0.2, -0.15) is 0 Å². The molecule has 0 saturated heterocycles. The van der Waals surface area contributed by atoms with Gasteiger partial charge in [-0.3, -0.25) is 0 Å². The minimum atomic E-state index is 0.625. The molecule has 0 amide bonds. The smallest absolute Gasteiger partial charge is 0.0340 e. The molecule has 0 spiro atoms. The predicted octanol–water partition coefficient (Wildman–Crippen LogP) is 4.66. The van der Waals surface area contributed by atoms with Gasteiger partial charge in [-0.05, 0) is 30.0 Å². The highest BCUT2D eigenvalue weighted by molar-refractivity contribution is 5.44. The zero-order valence-corrected chi connectivity index (χ0v) is 10.8. The van der Waals surface area contributed by atoms with E-state index in [0.29, 0.717) is 5.92 Å². The summed E-state index contributed by atoms with van der Waals surface area (Å²) in [6.07, 6.45) is 1.17. The number of rotatable bonds is 4. The molecule has 15 heavy (non-hydrogen) atoms. The highest BCUT2D eigenvalue weighted by atomic mass is 14.9. The standard InChI is InChI=1S/C12H19N.C2H6/c1-4-9-13-12-7-5-11(6-8-12)10(2)3;1-2/h5-8,10,13H,4,9H2,1-3H3;1-2H3. The molecule has 0 unspecified atom stereocenters. The van der Waals surface area contributed by atoms with Crippen LogP contribution in [-0.2, 0) is 0 Å². The highest BCUT2D eigenvalue weighted by Crippen LogP contribution is 2.16. The molecule has 0 saturated carbocycles. The Kier molecular flexibility index (Phi) is 7.79. The normalized spacial score (nSPS) is 9.47. The van der Waals surface area contributed by atoms with Crippen LogP contribution in [0.5, 0.6) is 0 Å². The van der Waals surface area contributed by atoms with Crippen molar-refractivity contribution in [2.24, 2.45) is 0 Å². The second kappa shape index (κ2) is 8.34. The van der Waals surface area contributed by atoms with Gasteiger partial charge in [0.15, 0.2) is 0 Å². The number of anilines is 1. The summed E-state index contributed by atoms with van der Waals surface area (Å²) in [5, 5.41) is 3.36. The Morgan fingerprint density at radius 3 is 2.00 bits per heavy atom. The Morgan fingerprint density at radius 1 is 1.07 bits per heavy atom. The van der Waals surface area contributed by atoms with E-state index in [1.165, 1.54) is 17.7 Å². The maximum atomic E-state index is 3.36. The minimum Gasteiger partial charge on any atom is -0.385 e. The molecule has 1 heteroatoms. The Labute approximate surface area is 94.9 Å². The van der Waals surface area contributed by atoms with Crippen molar-refractivity contribution >= 4 is 5.69 Å². The molecule has 1 rings (SSSR count). The van der Waals surface area contributed by atoms with Gasteiger partial charge < -0.3 is 5.32 Å². The van der Waals surface area contributed by atoms with Crippen LogP contribution in [0.4, 0.5) is 5.69 Å². The largest absolute Gasteiger partial charge is 0.385 e. The summed E-state index contributed by atoms with van der Waals surface area (Å²) in [5.74, 6) is 0.625. The van der Waals surface area contributed by atoms with Gasteiger partial charge >= 0.3 is 0 Å². The van der Waals surface area contributed by atoms with Crippen molar-refractivity contribution in [2.45, 2.75) is 47.0 Å². The van der Waals surface area contributed by atoms with Crippen LogP contribution >= 0.6 is 0 Å². The van der Waals surface area contributed by atoms with Gasteiger partial charge in [0.25, 0.3) is 0 Å². The van der Waals surface area contributed by atoms with E-state index in [9.17, 15) is 0 Å². The molecular weight excluding hydrogens is 182 g/mol. The van der Waals surface area contributed by atoms with Crippen molar-refractivity contribution in [1.29, 1.82) is 0 Å². The van der Waals surface area contributed by atoms with E-state index in [0.717, 1.165) is 6.54 Å². The van der Waals surface area contributed by atoms with E-state index in [-0.39, 0.29) is 0 Å². The van der Waals surface area contributed by atoms with Gasteiger partial charge in [0.1, 0.15) is 0 Å². The van der Waals surface area contributed by atoms with Gasteiger partial charge in [-0.25, -0.2) is 0 Å². The van der Waals surface area contributed by atoms with Crippen molar-refractivity contribution in [1.82, 2.24) is 0 Å². The monoisotopic (exact) mass is 207 g/mol. The maximum absolute atomic E-state index is 3.36. The molecule has 1 nitrogen and oxygen atoms in total. The van der Waals surface area contributed by atoms with Gasteiger partial charge in [0, 0.05) is 12.2 Å². The SMILES string of the molecule is CC.CCCNc1ccc(C(C)C)cc1. The van der Waals surface area contributed by atoms with Crippen molar-refractivity contribution in [3.8, 4) is 0 Å². The van der Waals surface area contributed by atoms with Crippen molar-refractivity contribution in [2.75, 3.05) is 11.9 Å². The Morgan fingerprint density at radius 2 is 1.60 bits per heavy atom. The lowest BCUT2D eigenvalue weighted by atomic mass is 10.0. The van der Waals surface area contributed by atoms with Crippen LogP contribution < -0.4 is 5.32 Å². The maximum Gasteiger partial charge on any atom is 0.0340 e. The van der Waals surface area contributed by atoms with E-state index in [1.807, 2.05) is 13.8 Å². The topological polar surface area (TPSA) is 12.0 Å². The summed E-state index contributed by atoms with van der Waals surface area (Å²) in [4.78, 5) is 0. The second-order valence-electron chi connectivity index (χ2n) is 3.70. The zero-order valence-electron chi connectivity index (χ0n) is 10.8. The van der Waals surface area contributed by atoms with E-state index in [4.69, 9.17) is 0 Å². The van der Waals surface area contributed by atoms with Crippen LogP contribution in [0, 0.1) is 0 Å². The van der Waals surface area contributed by atoms with Crippen LogP contribution in [0.25, 0.3) is 0 Å². The van der Waals surface area contributed by atoms with Gasteiger partial charge in [0.2, 0.25) is 0 Å². The molecular formula is C14H25N. The third-order valence-electron chi connectivity index (χ3n) is 2.16. The molecule has 86 valence electrons. The summed E-state index contributed by atoms with van der Waals surface area (Å²) in [6.45, 7) is 11.7. The van der Waals surface area contributed by atoms with E-state index < -0.39 is 0 Å². The molecule has 0 aromatic heterocycles. The fourth-order valence-corrected chi connectivity index (χ4v) is 1.26. The first-order chi connectivity index (χ1) is 7.24. The lowest BCUT2D eigenvalue weighted by molar-refractivity contribution is 0.866. The molecule has 0 bridgehead atoms. The van der Waals surface area contributed by atoms with E-state index in [1.54, 1.807) is 0 Å². The van der Waals surface area contributed by atoms with Crippen LogP contribution in [0.1, 0.15) is 52.5 Å². The van der Waals surface area contributed by atoms with E-state index in [2.05, 4.69) is 50.4 Å². The first-order valence-electron chi connectivity index (χ1n) is 6.08. The van der Waals surface area contributed by atoms with Crippen LogP contribution in [-0.4, -0.2) is 6.54 Å². The molecule has 0 aliphatic carbocycles. The lowest BCUT2D eigenvalue weighted by Crippen LogP contribution is -1.99. The Balaban J connectivity index is 0.000000921. The Bertz CT molecular complexity index is 236. The summed E-state index contributed by atoms with van der Waals surface area (Å²) in [6, 6.07) is 8.71. The molecule has 0 aliphatic heterocycles. The molecule has 1 N–H and O–H groups in total. The second-order valence-corrected chi connectivity index (χ2v) is 3.70. The van der Waals surface area contributed by atoms with Crippen molar-refractivity contribution in [3.63, 3.8) is 0 Å². The summed E-state index contributed by atoms with van der Waals surface area (Å²) in [5.41, 5.74) is 2.63. The van der Waals surface area contributed by atoms with Crippen molar-refractivity contribution < 1.29 is 0 Å². The zero-order chi connectivity index (χ0) is 11.7. The van der Waals surface area contributed by atoms with E-state index >= 15 is 0 Å². The van der Waals surface area contributed by atoms with Gasteiger partial charge in [-0.15, -0.1) is 0 Å². The van der Waals surface area contributed by atoms with Crippen LogP contribution in [0.3, 0.4) is 0 Å². The predicted molar refractivity (Wildman–Crippen MR) is 70.7 cm³/mol. The first kappa shape index (κ1) is 14.0. The molecule has 0 atom stereocenters. The molecule has 0 heterocycles. The minimum absolute atomic E-state index is 0.625. The number of benzene rings is 1. The lowest BCUT2D eigenvalue weighted by Gasteiger charge is -2.08. The molecule has 1 aromatic rings.